The monoisotopic (exact) mass is 348 g/mol. The highest BCUT2D eigenvalue weighted by molar-refractivity contribution is 5.96. The summed E-state index contributed by atoms with van der Waals surface area (Å²) >= 11 is 0. The van der Waals surface area contributed by atoms with Gasteiger partial charge in [0, 0.05) is 31.3 Å². The Labute approximate surface area is 149 Å². The molecule has 138 valence electrons. The second-order valence-corrected chi connectivity index (χ2v) is 7.26. The van der Waals surface area contributed by atoms with E-state index in [4.69, 9.17) is 14.2 Å². The van der Waals surface area contributed by atoms with Crippen LogP contribution in [-0.2, 0) is 9.47 Å². The molecule has 3 heterocycles. The first-order chi connectivity index (χ1) is 12.1. The van der Waals surface area contributed by atoms with Gasteiger partial charge in [0.15, 0.2) is 0 Å². The third-order valence-electron chi connectivity index (χ3n) is 5.17. The lowest BCUT2D eigenvalue weighted by molar-refractivity contribution is -0.152. The zero-order chi connectivity index (χ0) is 17.9. The predicted molar refractivity (Wildman–Crippen MR) is 93.8 cm³/mol. The van der Waals surface area contributed by atoms with Crippen molar-refractivity contribution in [2.45, 2.75) is 45.3 Å². The number of nitrogens with zero attached hydrogens (tertiary/aromatic N) is 2. The number of methoxy groups -OCH3 is 1. The summed E-state index contributed by atoms with van der Waals surface area (Å²) in [4.78, 5) is 19.1. The van der Waals surface area contributed by atoms with E-state index in [1.165, 1.54) is 7.11 Å². The molecule has 0 N–H and O–H groups in total. The normalized spacial score (nSPS) is 26.4. The Kier molecular flexibility index (Phi) is 5.59. The number of carbonyl (C=O) groups is 1. The Morgan fingerprint density at radius 2 is 2.36 bits per heavy atom. The number of pyridine rings is 1. The van der Waals surface area contributed by atoms with Gasteiger partial charge < -0.3 is 19.1 Å². The number of carbonyl (C=O) groups excluding carboxylic acids is 1. The van der Waals surface area contributed by atoms with E-state index in [0.717, 1.165) is 25.9 Å². The third-order valence-corrected chi connectivity index (χ3v) is 5.17. The molecule has 2 aliphatic rings. The fourth-order valence-electron chi connectivity index (χ4n) is 3.89. The Balaban J connectivity index is 1.80. The lowest BCUT2D eigenvalue weighted by atomic mass is 9.73. The average Bonchev–Trinajstić information content (AvgIpc) is 2.65. The maximum atomic E-state index is 13.1. The second kappa shape index (κ2) is 7.70. The van der Waals surface area contributed by atoms with Crippen LogP contribution >= 0.6 is 0 Å². The minimum absolute atomic E-state index is 0.0297. The van der Waals surface area contributed by atoms with Crippen LogP contribution in [0, 0.1) is 5.41 Å². The smallest absolute Gasteiger partial charge is 0.259 e. The van der Waals surface area contributed by atoms with Gasteiger partial charge in [0.05, 0.1) is 25.9 Å². The summed E-state index contributed by atoms with van der Waals surface area (Å²) < 4.78 is 17.3. The Bertz CT molecular complexity index is 607. The van der Waals surface area contributed by atoms with Crippen LogP contribution in [0.15, 0.2) is 18.3 Å². The quantitative estimate of drug-likeness (QED) is 0.818. The largest absolute Gasteiger partial charge is 0.480 e. The molecule has 2 saturated heterocycles. The van der Waals surface area contributed by atoms with Crippen molar-refractivity contribution < 1.29 is 19.0 Å². The van der Waals surface area contributed by atoms with Crippen molar-refractivity contribution in [3.63, 3.8) is 0 Å². The second-order valence-electron chi connectivity index (χ2n) is 7.26. The number of rotatable bonds is 5. The number of fused-ring (bicyclic) bond motifs is 1. The summed E-state index contributed by atoms with van der Waals surface area (Å²) in [5, 5.41) is 0. The number of hydrogen-bond donors (Lipinski definition) is 0. The lowest BCUT2D eigenvalue weighted by Crippen LogP contribution is -2.58. The van der Waals surface area contributed by atoms with Gasteiger partial charge in [-0.3, -0.25) is 4.79 Å². The van der Waals surface area contributed by atoms with E-state index < -0.39 is 0 Å². The van der Waals surface area contributed by atoms with Gasteiger partial charge in [-0.25, -0.2) is 4.98 Å². The van der Waals surface area contributed by atoms with Gasteiger partial charge in [0.2, 0.25) is 5.88 Å². The molecule has 25 heavy (non-hydrogen) atoms. The number of piperidine rings is 1. The molecule has 0 saturated carbocycles. The van der Waals surface area contributed by atoms with Crippen molar-refractivity contribution >= 4 is 5.91 Å². The van der Waals surface area contributed by atoms with E-state index in [-0.39, 0.29) is 23.5 Å². The van der Waals surface area contributed by atoms with Crippen LogP contribution in [0.3, 0.4) is 0 Å². The molecular formula is C19H28N2O4. The molecule has 2 aliphatic heterocycles. The highest BCUT2D eigenvalue weighted by Gasteiger charge is 2.47. The predicted octanol–water partition coefficient (Wildman–Crippen LogP) is 2.53. The molecule has 0 radical (unpaired) electrons. The summed E-state index contributed by atoms with van der Waals surface area (Å²) in [6.45, 7) is 6.86. The number of amides is 1. The van der Waals surface area contributed by atoms with E-state index in [1.807, 2.05) is 18.7 Å². The van der Waals surface area contributed by atoms with E-state index in [0.29, 0.717) is 31.1 Å². The van der Waals surface area contributed by atoms with Gasteiger partial charge in [-0.15, -0.1) is 0 Å². The first-order valence-electron chi connectivity index (χ1n) is 9.07. The average molecular weight is 348 g/mol. The maximum Gasteiger partial charge on any atom is 0.259 e. The van der Waals surface area contributed by atoms with E-state index in [1.54, 1.807) is 18.3 Å². The summed E-state index contributed by atoms with van der Waals surface area (Å²) in [6, 6.07) is 3.54. The first-order valence-corrected chi connectivity index (χ1v) is 9.07. The zero-order valence-corrected chi connectivity index (χ0v) is 15.4. The van der Waals surface area contributed by atoms with Gasteiger partial charge in [-0.05, 0) is 45.2 Å². The van der Waals surface area contributed by atoms with Gasteiger partial charge in [0.25, 0.3) is 5.91 Å². The van der Waals surface area contributed by atoms with Crippen LogP contribution in [0.1, 0.15) is 43.5 Å². The van der Waals surface area contributed by atoms with Gasteiger partial charge in [-0.1, -0.05) is 0 Å². The molecule has 2 fully saturated rings. The van der Waals surface area contributed by atoms with E-state index >= 15 is 0 Å². The van der Waals surface area contributed by atoms with Crippen molar-refractivity contribution in [3.05, 3.63) is 23.9 Å². The highest BCUT2D eigenvalue weighted by Crippen LogP contribution is 2.41. The Morgan fingerprint density at radius 3 is 3.12 bits per heavy atom. The van der Waals surface area contributed by atoms with Crippen molar-refractivity contribution in [2.24, 2.45) is 5.41 Å². The van der Waals surface area contributed by atoms with Gasteiger partial charge >= 0.3 is 0 Å². The fourth-order valence-corrected chi connectivity index (χ4v) is 3.89. The number of aromatic nitrogens is 1. The van der Waals surface area contributed by atoms with Crippen molar-refractivity contribution in [3.8, 4) is 5.88 Å². The standard InChI is InChI=1S/C19H28N2O4/c1-14(2)25-13-19-8-5-11-24-16(19)7-10-21(12-19)18(22)15-6-4-9-20-17(15)23-3/h4,6,9,14,16H,5,7-8,10-13H2,1-3H3/t16-,19-/m0/s1. The molecule has 0 bridgehead atoms. The minimum Gasteiger partial charge on any atom is -0.480 e. The van der Waals surface area contributed by atoms with E-state index in [2.05, 4.69) is 4.98 Å². The Morgan fingerprint density at radius 1 is 1.52 bits per heavy atom. The molecule has 0 aliphatic carbocycles. The molecule has 1 amide bonds. The van der Waals surface area contributed by atoms with Crippen molar-refractivity contribution in [2.75, 3.05) is 33.4 Å². The molecule has 3 rings (SSSR count). The molecular weight excluding hydrogens is 320 g/mol. The molecule has 1 aromatic rings. The van der Waals surface area contributed by atoms with Crippen molar-refractivity contribution in [1.29, 1.82) is 0 Å². The molecule has 0 spiro atoms. The van der Waals surface area contributed by atoms with Crippen LogP contribution in [-0.4, -0.2) is 61.4 Å². The maximum absolute atomic E-state index is 13.1. The molecule has 6 heteroatoms. The fraction of sp³-hybridized carbons (Fsp3) is 0.684. The summed E-state index contributed by atoms with van der Waals surface area (Å²) in [7, 11) is 1.54. The number of hydrogen-bond acceptors (Lipinski definition) is 5. The number of ether oxygens (including phenoxy) is 3. The van der Waals surface area contributed by atoms with Crippen LogP contribution in [0.2, 0.25) is 0 Å². The number of likely N-dealkylation sites (tertiary alicyclic amines) is 1. The van der Waals surface area contributed by atoms with Crippen molar-refractivity contribution in [1.82, 2.24) is 9.88 Å². The summed E-state index contributed by atoms with van der Waals surface area (Å²) in [6.07, 6.45) is 4.85. The highest BCUT2D eigenvalue weighted by atomic mass is 16.5. The summed E-state index contributed by atoms with van der Waals surface area (Å²) in [5.41, 5.74) is 0.395. The SMILES string of the molecule is COc1ncccc1C(=O)N1CC[C@@H]2OCCC[C@@]2(COC(C)C)C1. The van der Waals surface area contributed by atoms with Gasteiger partial charge in [-0.2, -0.15) is 0 Å². The van der Waals surface area contributed by atoms with Crippen LogP contribution in [0.4, 0.5) is 0 Å². The molecule has 6 nitrogen and oxygen atoms in total. The third kappa shape index (κ3) is 3.80. The first kappa shape index (κ1) is 18.1. The molecule has 0 unspecified atom stereocenters. The topological polar surface area (TPSA) is 60.9 Å². The lowest BCUT2D eigenvalue weighted by Gasteiger charge is -2.50. The van der Waals surface area contributed by atoms with Gasteiger partial charge in [0.1, 0.15) is 5.56 Å². The zero-order valence-electron chi connectivity index (χ0n) is 15.4. The molecule has 1 aromatic heterocycles. The van der Waals surface area contributed by atoms with Crippen LogP contribution < -0.4 is 4.74 Å². The Hall–Kier alpha value is -1.66. The minimum atomic E-state index is -0.119. The molecule has 2 atom stereocenters. The van der Waals surface area contributed by atoms with Crippen LogP contribution in [0.5, 0.6) is 5.88 Å². The molecule has 0 aromatic carbocycles. The van der Waals surface area contributed by atoms with E-state index in [9.17, 15) is 4.79 Å². The van der Waals surface area contributed by atoms with Crippen LogP contribution in [0.25, 0.3) is 0 Å². The summed E-state index contributed by atoms with van der Waals surface area (Å²) in [5.74, 6) is 0.347.